The molecule has 4 heterocycles. The van der Waals surface area contributed by atoms with Crippen LogP contribution in [0.4, 0.5) is 5.82 Å². The molecule has 1 aromatic heterocycles. The molecule has 0 saturated carbocycles. The van der Waals surface area contributed by atoms with Crippen molar-refractivity contribution in [3.63, 3.8) is 0 Å². The normalized spacial score (nSPS) is 31.4. The van der Waals surface area contributed by atoms with Crippen molar-refractivity contribution in [1.29, 1.82) is 0 Å². The predicted molar refractivity (Wildman–Crippen MR) is 103 cm³/mol. The van der Waals surface area contributed by atoms with Crippen molar-refractivity contribution in [3.8, 4) is 5.88 Å². The lowest BCUT2D eigenvalue weighted by atomic mass is 9.72. The summed E-state index contributed by atoms with van der Waals surface area (Å²) in [5.41, 5.74) is 0. The van der Waals surface area contributed by atoms with Gasteiger partial charge in [0.1, 0.15) is 12.1 Å². The van der Waals surface area contributed by atoms with Gasteiger partial charge in [0, 0.05) is 37.8 Å². The fourth-order valence-electron chi connectivity index (χ4n) is 5.23. The van der Waals surface area contributed by atoms with E-state index in [9.17, 15) is 8.42 Å². The highest BCUT2D eigenvalue weighted by Gasteiger charge is 2.47. The molecule has 27 heavy (non-hydrogen) atoms. The highest BCUT2D eigenvalue weighted by atomic mass is 32.2. The van der Waals surface area contributed by atoms with Crippen LogP contribution >= 0.6 is 0 Å². The Morgan fingerprint density at radius 2 is 2.07 bits per heavy atom. The van der Waals surface area contributed by atoms with E-state index in [4.69, 9.17) is 4.74 Å². The highest BCUT2D eigenvalue weighted by Crippen LogP contribution is 2.42. The second-order valence-corrected chi connectivity index (χ2v) is 9.90. The van der Waals surface area contributed by atoms with E-state index in [1.165, 1.54) is 25.5 Å². The van der Waals surface area contributed by atoms with Gasteiger partial charge in [0.15, 0.2) is 0 Å². The molecule has 0 unspecified atom stereocenters. The first-order chi connectivity index (χ1) is 12.9. The molecule has 0 aromatic carbocycles. The quantitative estimate of drug-likeness (QED) is 0.786. The van der Waals surface area contributed by atoms with Crippen LogP contribution in [0.25, 0.3) is 0 Å². The van der Waals surface area contributed by atoms with Crippen LogP contribution in [0, 0.1) is 11.8 Å². The summed E-state index contributed by atoms with van der Waals surface area (Å²) in [7, 11) is -1.58. The van der Waals surface area contributed by atoms with Crippen LogP contribution in [-0.2, 0) is 10.0 Å². The van der Waals surface area contributed by atoms with Gasteiger partial charge in [-0.3, -0.25) is 4.90 Å². The summed E-state index contributed by atoms with van der Waals surface area (Å²) in [5, 5.41) is 0. The van der Waals surface area contributed by atoms with Crippen molar-refractivity contribution in [1.82, 2.24) is 19.6 Å². The van der Waals surface area contributed by atoms with Gasteiger partial charge in [0.05, 0.1) is 13.4 Å². The number of hydrogen-bond donors (Lipinski definition) is 1. The minimum Gasteiger partial charge on any atom is -0.481 e. The molecule has 150 valence electrons. The minimum atomic E-state index is -3.19. The molecule has 3 aliphatic heterocycles. The average molecular weight is 396 g/mol. The molecule has 8 nitrogen and oxygen atoms in total. The van der Waals surface area contributed by atoms with Crippen molar-refractivity contribution in [2.45, 2.75) is 37.8 Å². The van der Waals surface area contributed by atoms with E-state index >= 15 is 0 Å². The van der Waals surface area contributed by atoms with Crippen LogP contribution in [0.3, 0.4) is 0 Å². The number of fused-ring (bicyclic) bond motifs is 4. The van der Waals surface area contributed by atoms with Crippen molar-refractivity contribution >= 4 is 15.8 Å². The number of hydrogen-bond acceptors (Lipinski definition) is 7. The summed E-state index contributed by atoms with van der Waals surface area (Å²) in [4.78, 5) is 13.5. The van der Waals surface area contributed by atoms with Crippen molar-refractivity contribution in [2.24, 2.45) is 11.8 Å². The summed E-state index contributed by atoms with van der Waals surface area (Å²) < 4.78 is 31.4. The molecule has 3 fully saturated rings. The molecular weight excluding hydrogens is 366 g/mol. The Labute approximate surface area is 161 Å². The molecule has 0 aliphatic carbocycles. The van der Waals surface area contributed by atoms with Crippen molar-refractivity contribution in [3.05, 3.63) is 12.4 Å². The molecule has 0 spiro atoms. The van der Waals surface area contributed by atoms with Gasteiger partial charge in [0.25, 0.3) is 0 Å². The van der Waals surface area contributed by atoms with Crippen LogP contribution in [0.5, 0.6) is 5.88 Å². The number of rotatable bonds is 5. The molecule has 9 heteroatoms. The highest BCUT2D eigenvalue weighted by molar-refractivity contribution is 7.88. The number of methoxy groups -OCH3 is 1. The predicted octanol–water partition coefficient (Wildman–Crippen LogP) is 0.714. The second-order valence-electron chi connectivity index (χ2n) is 8.07. The van der Waals surface area contributed by atoms with E-state index in [1.54, 1.807) is 13.4 Å². The Hall–Kier alpha value is -1.45. The van der Waals surface area contributed by atoms with Crippen molar-refractivity contribution < 1.29 is 13.2 Å². The molecular formula is C18H29N5O3S. The molecule has 2 bridgehead atoms. The van der Waals surface area contributed by atoms with Crippen molar-refractivity contribution in [2.75, 3.05) is 44.4 Å². The van der Waals surface area contributed by atoms with E-state index in [2.05, 4.69) is 24.5 Å². The number of piperidine rings is 3. The number of sulfonamides is 1. The Balaban J connectivity index is 1.58. The van der Waals surface area contributed by atoms with Gasteiger partial charge >= 0.3 is 0 Å². The zero-order valence-electron chi connectivity index (χ0n) is 16.0. The third-order valence-corrected chi connectivity index (χ3v) is 7.03. The Morgan fingerprint density at radius 1 is 1.26 bits per heavy atom. The number of aromatic nitrogens is 2. The van der Waals surface area contributed by atoms with Gasteiger partial charge in [-0.05, 0) is 37.6 Å². The lowest BCUT2D eigenvalue weighted by molar-refractivity contribution is -0.0295. The number of ether oxygens (including phenoxy) is 1. The first-order valence-corrected chi connectivity index (χ1v) is 11.6. The lowest BCUT2D eigenvalue weighted by Crippen LogP contribution is -2.65. The molecule has 1 N–H and O–H groups in total. The molecule has 4 atom stereocenters. The van der Waals surface area contributed by atoms with Gasteiger partial charge in [-0.25, -0.2) is 23.1 Å². The molecule has 1 aromatic rings. The monoisotopic (exact) mass is 395 g/mol. The van der Waals surface area contributed by atoms with E-state index in [0.29, 0.717) is 30.3 Å². The lowest BCUT2D eigenvalue weighted by Gasteiger charge is -2.57. The first kappa shape index (κ1) is 18.9. The number of nitrogens with one attached hydrogen (secondary N) is 1. The standard InChI is InChI=1S/C18H29N5O3S/c1-26-18-8-17(19-12-20-18)22-10-13-7-14(11-22)16(9-21-27(2,24)25)23-6-4-3-5-15(13)23/h8,12-16,21H,3-7,9-11H2,1-2H3/t13-,14-,15-,16-/m0/s1. The molecule has 0 amide bonds. The summed E-state index contributed by atoms with van der Waals surface area (Å²) in [6, 6.07) is 2.67. The van der Waals surface area contributed by atoms with E-state index in [1.807, 2.05) is 6.07 Å². The number of nitrogens with zero attached hydrogens (tertiary/aromatic N) is 4. The summed E-state index contributed by atoms with van der Waals surface area (Å²) in [5.74, 6) is 2.49. The fourth-order valence-corrected chi connectivity index (χ4v) is 5.70. The van der Waals surface area contributed by atoms with Crippen LogP contribution < -0.4 is 14.4 Å². The maximum absolute atomic E-state index is 11.7. The summed E-state index contributed by atoms with van der Waals surface area (Å²) in [6.07, 6.45) is 7.62. The van der Waals surface area contributed by atoms with Gasteiger partial charge in [0.2, 0.25) is 15.9 Å². The minimum absolute atomic E-state index is 0.243. The zero-order chi connectivity index (χ0) is 19.0. The molecule has 0 radical (unpaired) electrons. The van der Waals surface area contributed by atoms with Gasteiger partial charge in [-0.1, -0.05) is 6.42 Å². The fraction of sp³-hybridized carbons (Fsp3) is 0.778. The van der Waals surface area contributed by atoms with Crippen LogP contribution in [0.15, 0.2) is 12.4 Å². The third-order valence-electron chi connectivity index (χ3n) is 6.34. The smallest absolute Gasteiger partial charge is 0.218 e. The topological polar surface area (TPSA) is 87.7 Å². The SMILES string of the molecule is COc1cc(N2C[C@@H]3C[C@@H](C2)[C@H](CNS(C)(=O)=O)N2CCCC[C@@H]32)ncn1. The van der Waals surface area contributed by atoms with Gasteiger partial charge in [-0.15, -0.1) is 0 Å². The van der Waals surface area contributed by atoms with Crippen LogP contribution in [0.1, 0.15) is 25.7 Å². The molecule has 3 saturated heterocycles. The largest absolute Gasteiger partial charge is 0.481 e. The van der Waals surface area contributed by atoms with Gasteiger partial charge in [-0.2, -0.15) is 0 Å². The maximum atomic E-state index is 11.7. The second kappa shape index (κ2) is 7.52. The van der Waals surface area contributed by atoms with E-state index in [0.717, 1.165) is 31.9 Å². The summed E-state index contributed by atoms with van der Waals surface area (Å²) in [6.45, 7) is 3.45. The maximum Gasteiger partial charge on any atom is 0.218 e. The van der Waals surface area contributed by atoms with E-state index < -0.39 is 10.0 Å². The molecule has 4 rings (SSSR count). The zero-order valence-corrected chi connectivity index (χ0v) is 16.9. The Kier molecular flexibility index (Phi) is 5.26. The number of anilines is 1. The van der Waals surface area contributed by atoms with Gasteiger partial charge < -0.3 is 9.64 Å². The van der Waals surface area contributed by atoms with Crippen LogP contribution in [0.2, 0.25) is 0 Å². The first-order valence-electron chi connectivity index (χ1n) is 9.76. The Morgan fingerprint density at radius 3 is 2.85 bits per heavy atom. The Bertz CT molecular complexity index is 774. The third kappa shape index (κ3) is 4.05. The summed E-state index contributed by atoms with van der Waals surface area (Å²) >= 11 is 0. The molecule has 3 aliphatic rings. The average Bonchev–Trinajstić information content (AvgIpc) is 2.67. The van der Waals surface area contributed by atoms with Crippen LogP contribution in [-0.4, -0.2) is 74.9 Å². The van der Waals surface area contributed by atoms with E-state index in [-0.39, 0.29) is 6.04 Å².